The highest BCUT2D eigenvalue weighted by Crippen LogP contribution is 2.39. The number of rotatable bonds is 3. The van der Waals surface area contributed by atoms with Gasteiger partial charge in [0.2, 0.25) is 5.91 Å². The fourth-order valence-electron chi connectivity index (χ4n) is 5.37. The van der Waals surface area contributed by atoms with Crippen molar-refractivity contribution in [3.8, 4) is 0 Å². The fraction of sp³-hybridized carbons (Fsp3) is 0.462. The van der Waals surface area contributed by atoms with E-state index in [-0.39, 0.29) is 17.9 Å². The Kier molecular flexibility index (Phi) is 6.00. The Morgan fingerprint density at radius 3 is 2.64 bits per heavy atom. The fourth-order valence-corrected chi connectivity index (χ4v) is 6.36. The van der Waals surface area contributed by atoms with Crippen LogP contribution in [0.25, 0.3) is 10.2 Å². The van der Waals surface area contributed by atoms with Gasteiger partial charge in [-0.1, -0.05) is 49.8 Å². The molecule has 0 unspecified atom stereocenters. The van der Waals surface area contributed by atoms with Crippen LogP contribution in [0.3, 0.4) is 0 Å². The molecule has 7 heteroatoms. The number of benzene rings is 1. The van der Waals surface area contributed by atoms with Crippen LogP contribution < -0.4 is 10.2 Å². The Labute approximate surface area is 203 Å². The molecule has 174 valence electrons. The smallest absolute Gasteiger partial charge is 0.275 e. The molecule has 2 amide bonds. The van der Waals surface area contributed by atoms with Crippen LogP contribution in [-0.2, 0) is 11.3 Å². The van der Waals surface area contributed by atoms with Gasteiger partial charge in [-0.15, -0.1) is 11.3 Å². The zero-order chi connectivity index (χ0) is 23.2. The second-order valence-corrected chi connectivity index (χ2v) is 11.0. The predicted octanol–water partition coefficient (Wildman–Crippen LogP) is 6.31. The first-order valence-electron chi connectivity index (χ1n) is 11.9. The van der Waals surface area contributed by atoms with Crippen molar-refractivity contribution in [3.63, 3.8) is 0 Å². The minimum atomic E-state index is -1.07. The van der Waals surface area contributed by atoms with E-state index in [0.717, 1.165) is 41.5 Å². The summed E-state index contributed by atoms with van der Waals surface area (Å²) in [7, 11) is 0. The highest BCUT2D eigenvalue weighted by Gasteiger charge is 2.49. The molecule has 1 atom stereocenters. The summed E-state index contributed by atoms with van der Waals surface area (Å²) in [5.74, 6) is -0.256. The van der Waals surface area contributed by atoms with Crippen LogP contribution in [-0.4, -0.2) is 28.0 Å². The lowest BCUT2D eigenvalue weighted by Gasteiger charge is -2.45. The summed E-state index contributed by atoms with van der Waals surface area (Å²) in [6, 6.07) is 9.68. The Hall–Kier alpha value is -2.31. The highest BCUT2D eigenvalue weighted by atomic mass is 35.5. The van der Waals surface area contributed by atoms with Crippen molar-refractivity contribution in [2.45, 2.75) is 76.9 Å². The SMILES string of the molecule is Cc1c(Cl)cccc1N1C(=O)c2cc3sccc3n2C[C@@]1(C)C(=O)NC1CCCCCCC1. The van der Waals surface area contributed by atoms with Gasteiger partial charge in [0, 0.05) is 16.8 Å². The molecule has 1 aliphatic carbocycles. The zero-order valence-electron chi connectivity index (χ0n) is 19.2. The lowest BCUT2D eigenvalue weighted by Crippen LogP contribution is -2.65. The molecule has 33 heavy (non-hydrogen) atoms. The number of anilines is 1. The molecule has 1 aliphatic heterocycles. The summed E-state index contributed by atoms with van der Waals surface area (Å²) in [6.45, 7) is 4.20. The Morgan fingerprint density at radius 1 is 1.15 bits per heavy atom. The molecule has 2 aromatic heterocycles. The van der Waals surface area contributed by atoms with E-state index in [0.29, 0.717) is 22.9 Å². The average molecular weight is 484 g/mol. The number of carbonyl (C=O) groups excluding carboxylic acids is 2. The summed E-state index contributed by atoms with van der Waals surface area (Å²) in [5, 5.41) is 5.96. The number of nitrogens with zero attached hydrogens (tertiary/aromatic N) is 2. The molecule has 1 saturated carbocycles. The van der Waals surface area contributed by atoms with Gasteiger partial charge in [-0.05, 0) is 61.9 Å². The minimum Gasteiger partial charge on any atom is -0.351 e. The van der Waals surface area contributed by atoms with Crippen LogP contribution in [0, 0.1) is 6.92 Å². The van der Waals surface area contributed by atoms with Crippen molar-refractivity contribution >= 4 is 50.7 Å². The van der Waals surface area contributed by atoms with Crippen molar-refractivity contribution in [1.29, 1.82) is 0 Å². The van der Waals surface area contributed by atoms with E-state index in [1.54, 1.807) is 16.2 Å². The molecule has 0 spiro atoms. The Morgan fingerprint density at radius 2 is 1.88 bits per heavy atom. The summed E-state index contributed by atoms with van der Waals surface area (Å²) in [6.07, 6.45) is 7.98. The molecule has 2 aliphatic rings. The highest BCUT2D eigenvalue weighted by molar-refractivity contribution is 7.17. The number of fused-ring (bicyclic) bond motifs is 3. The number of hydrogen-bond acceptors (Lipinski definition) is 3. The molecule has 5 nitrogen and oxygen atoms in total. The van der Waals surface area contributed by atoms with Gasteiger partial charge in [0.25, 0.3) is 5.91 Å². The maximum absolute atomic E-state index is 14.0. The molecule has 3 aromatic rings. The van der Waals surface area contributed by atoms with Crippen LogP contribution >= 0.6 is 22.9 Å². The molecule has 0 bridgehead atoms. The van der Waals surface area contributed by atoms with Gasteiger partial charge >= 0.3 is 0 Å². The lowest BCUT2D eigenvalue weighted by molar-refractivity contribution is -0.127. The van der Waals surface area contributed by atoms with Gasteiger partial charge in [-0.25, -0.2) is 0 Å². The van der Waals surface area contributed by atoms with Gasteiger partial charge in [0.05, 0.1) is 16.8 Å². The third-order valence-corrected chi connectivity index (χ3v) is 8.58. The van der Waals surface area contributed by atoms with Crippen molar-refractivity contribution in [2.75, 3.05) is 4.90 Å². The first kappa shape index (κ1) is 22.5. The first-order valence-corrected chi connectivity index (χ1v) is 13.1. The van der Waals surface area contributed by atoms with E-state index < -0.39 is 5.54 Å². The maximum Gasteiger partial charge on any atom is 0.275 e. The van der Waals surface area contributed by atoms with Crippen molar-refractivity contribution in [2.24, 2.45) is 0 Å². The summed E-state index contributed by atoms with van der Waals surface area (Å²) >= 11 is 8.06. The molecular formula is C26H30ClN3O2S. The standard InChI is InChI=1S/C26H30ClN3O2S/c1-17-19(27)11-8-12-20(17)30-24(31)22-15-23-21(13-14-33-23)29(22)16-26(30,2)25(32)28-18-9-6-4-3-5-7-10-18/h8,11-15,18H,3-7,9-10,16H2,1-2H3,(H,28,32)/t26-/m0/s1. The number of thiophene rings is 1. The molecule has 1 N–H and O–H groups in total. The number of amides is 2. The number of nitrogens with one attached hydrogen (secondary N) is 1. The summed E-state index contributed by atoms with van der Waals surface area (Å²) < 4.78 is 3.08. The van der Waals surface area contributed by atoms with Crippen LogP contribution in [0.5, 0.6) is 0 Å². The van der Waals surface area contributed by atoms with E-state index in [2.05, 4.69) is 5.32 Å². The maximum atomic E-state index is 14.0. The normalized spacial score (nSPS) is 22.2. The van der Waals surface area contributed by atoms with E-state index in [9.17, 15) is 9.59 Å². The predicted molar refractivity (Wildman–Crippen MR) is 135 cm³/mol. The van der Waals surface area contributed by atoms with E-state index in [1.807, 2.05) is 54.1 Å². The molecule has 0 radical (unpaired) electrons. The second kappa shape index (κ2) is 8.80. The molecule has 1 fully saturated rings. The van der Waals surface area contributed by atoms with Crippen LogP contribution in [0.1, 0.15) is 67.9 Å². The number of hydrogen-bond donors (Lipinski definition) is 1. The van der Waals surface area contributed by atoms with E-state index in [1.165, 1.54) is 19.3 Å². The summed E-state index contributed by atoms with van der Waals surface area (Å²) in [4.78, 5) is 29.6. The van der Waals surface area contributed by atoms with E-state index in [4.69, 9.17) is 11.6 Å². The molecule has 0 saturated heterocycles. The van der Waals surface area contributed by atoms with Crippen LogP contribution in [0.15, 0.2) is 35.7 Å². The van der Waals surface area contributed by atoms with Crippen molar-refractivity contribution in [1.82, 2.24) is 9.88 Å². The first-order chi connectivity index (χ1) is 15.9. The summed E-state index contributed by atoms with van der Waals surface area (Å²) in [5.41, 5.74) is 2.05. The van der Waals surface area contributed by atoms with Crippen molar-refractivity contribution in [3.05, 3.63) is 52.0 Å². The number of halogens is 1. The van der Waals surface area contributed by atoms with Gasteiger partial charge in [-0.2, -0.15) is 0 Å². The van der Waals surface area contributed by atoms with Gasteiger partial charge in [0.1, 0.15) is 11.2 Å². The lowest BCUT2D eigenvalue weighted by atomic mass is 9.91. The van der Waals surface area contributed by atoms with Gasteiger partial charge in [-0.3, -0.25) is 14.5 Å². The molecular weight excluding hydrogens is 454 g/mol. The Balaban J connectivity index is 1.58. The molecule has 5 rings (SSSR count). The second-order valence-electron chi connectivity index (χ2n) is 9.60. The molecule has 3 heterocycles. The quantitative estimate of drug-likeness (QED) is 0.474. The topological polar surface area (TPSA) is 54.3 Å². The largest absolute Gasteiger partial charge is 0.351 e. The third kappa shape index (κ3) is 3.87. The van der Waals surface area contributed by atoms with Gasteiger partial charge in [0.15, 0.2) is 0 Å². The number of aromatic nitrogens is 1. The van der Waals surface area contributed by atoms with E-state index >= 15 is 0 Å². The van der Waals surface area contributed by atoms with Crippen LogP contribution in [0.4, 0.5) is 5.69 Å². The van der Waals surface area contributed by atoms with Crippen molar-refractivity contribution < 1.29 is 9.59 Å². The molecule has 1 aromatic carbocycles. The minimum absolute atomic E-state index is 0.0940. The average Bonchev–Trinajstić information content (AvgIpc) is 3.35. The Bertz CT molecular complexity index is 1210. The number of carbonyl (C=O) groups is 2. The monoisotopic (exact) mass is 483 g/mol. The van der Waals surface area contributed by atoms with Crippen LogP contribution in [0.2, 0.25) is 5.02 Å². The zero-order valence-corrected chi connectivity index (χ0v) is 20.8. The third-order valence-electron chi connectivity index (χ3n) is 7.31. The van der Waals surface area contributed by atoms with Gasteiger partial charge < -0.3 is 9.88 Å².